The Kier molecular flexibility index (Phi) is 4.84. The van der Waals surface area contributed by atoms with Crippen molar-refractivity contribution in [3.05, 3.63) is 23.8 Å². The largest absolute Gasteiger partial charge is 0.356 e. The van der Waals surface area contributed by atoms with Gasteiger partial charge in [0.25, 0.3) is 0 Å². The topological polar surface area (TPSA) is 29.1 Å². The molecule has 1 atom stereocenters. The smallest absolute Gasteiger partial charge is 0.223 e. The Morgan fingerprint density at radius 3 is 2.94 bits per heavy atom. The number of rotatable bonds is 4. The average Bonchev–Trinajstić information content (AvgIpc) is 2.41. The molecule has 2 nitrogen and oxygen atoms in total. The molecule has 2 aliphatic rings. The summed E-state index contributed by atoms with van der Waals surface area (Å²) in [5.74, 6) is 0.478. The van der Waals surface area contributed by atoms with E-state index in [9.17, 15) is 4.79 Å². The van der Waals surface area contributed by atoms with Crippen LogP contribution in [0.4, 0.5) is 0 Å². The Bertz CT molecular complexity index is 317. The minimum Gasteiger partial charge on any atom is -0.356 e. The minimum atomic E-state index is 0.223. The van der Waals surface area contributed by atoms with Crippen LogP contribution < -0.4 is 5.32 Å². The lowest BCUT2D eigenvalue weighted by Crippen LogP contribution is -2.32. The number of carbonyl (C=O) groups excluding carboxylic acids is 1. The van der Waals surface area contributed by atoms with Crippen molar-refractivity contribution in [2.24, 2.45) is 5.92 Å². The zero-order valence-electron chi connectivity index (χ0n) is 10.6. The van der Waals surface area contributed by atoms with Gasteiger partial charge in [-0.2, -0.15) is 0 Å². The highest BCUT2D eigenvalue weighted by atomic mass is 16.1. The second-order valence-corrected chi connectivity index (χ2v) is 5.13. The Balaban J connectivity index is 1.65. The van der Waals surface area contributed by atoms with Gasteiger partial charge < -0.3 is 5.32 Å². The molecule has 0 spiro atoms. The molecule has 17 heavy (non-hydrogen) atoms. The van der Waals surface area contributed by atoms with Crippen molar-refractivity contribution in [3.63, 3.8) is 0 Å². The van der Waals surface area contributed by atoms with Crippen molar-refractivity contribution in [1.29, 1.82) is 0 Å². The number of nitrogens with one attached hydrogen (secondary N) is 1. The first-order chi connectivity index (χ1) is 8.36. The third-order valence-corrected chi connectivity index (χ3v) is 3.77. The van der Waals surface area contributed by atoms with E-state index in [1.165, 1.54) is 25.7 Å². The summed E-state index contributed by atoms with van der Waals surface area (Å²) < 4.78 is 0. The third kappa shape index (κ3) is 4.03. The summed E-state index contributed by atoms with van der Waals surface area (Å²) in [6, 6.07) is 0. The average molecular weight is 233 g/mol. The highest BCUT2D eigenvalue weighted by Gasteiger charge is 2.17. The lowest BCUT2D eigenvalue weighted by molar-refractivity contribution is -0.125. The van der Waals surface area contributed by atoms with Crippen LogP contribution in [0.25, 0.3) is 0 Å². The second kappa shape index (κ2) is 6.63. The molecule has 0 aromatic heterocycles. The summed E-state index contributed by atoms with van der Waals surface area (Å²) in [4.78, 5) is 11.9. The zero-order valence-corrected chi connectivity index (χ0v) is 10.6. The Morgan fingerprint density at radius 1 is 1.29 bits per heavy atom. The molecule has 1 amide bonds. The first kappa shape index (κ1) is 12.4. The van der Waals surface area contributed by atoms with Gasteiger partial charge in [-0.15, -0.1) is 0 Å². The lowest BCUT2D eigenvalue weighted by atomic mass is 9.93. The predicted octanol–water partition coefficient (Wildman–Crippen LogP) is 3.35. The van der Waals surface area contributed by atoms with Gasteiger partial charge in [-0.3, -0.25) is 4.79 Å². The molecular weight excluding hydrogens is 210 g/mol. The number of amides is 1. The van der Waals surface area contributed by atoms with Crippen molar-refractivity contribution in [1.82, 2.24) is 5.32 Å². The fourth-order valence-electron chi connectivity index (χ4n) is 2.65. The standard InChI is InChI=1S/C15H23NO/c17-15(14-9-5-2-6-10-14)16-12-11-13-7-3-1-4-8-13/h2,5,7,14H,1,3-4,6,8-12H2,(H,16,17)/t14-/m1/s1. The zero-order chi connectivity index (χ0) is 11.9. The second-order valence-electron chi connectivity index (χ2n) is 5.13. The number of hydrogen-bond donors (Lipinski definition) is 1. The summed E-state index contributed by atoms with van der Waals surface area (Å²) >= 11 is 0. The van der Waals surface area contributed by atoms with Crippen LogP contribution in [0.3, 0.4) is 0 Å². The molecule has 94 valence electrons. The van der Waals surface area contributed by atoms with E-state index in [4.69, 9.17) is 0 Å². The molecule has 0 aromatic carbocycles. The summed E-state index contributed by atoms with van der Waals surface area (Å²) in [5.41, 5.74) is 1.54. The van der Waals surface area contributed by atoms with Gasteiger partial charge in [-0.1, -0.05) is 23.8 Å². The maximum Gasteiger partial charge on any atom is 0.223 e. The van der Waals surface area contributed by atoms with Crippen LogP contribution >= 0.6 is 0 Å². The molecule has 0 heterocycles. The molecule has 0 aliphatic heterocycles. The molecule has 2 aliphatic carbocycles. The first-order valence-corrected chi connectivity index (χ1v) is 6.97. The van der Waals surface area contributed by atoms with E-state index in [2.05, 4.69) is 23.5 Å². The molecule has 1 N–H and O–H groups in total. The van der Waals surface area contributed by atoms with E-state index in [-0.39, 0.29) is 11.8 Å². The van der Waals surface area contributed by atoms with Crippen LogP contribution in [0.15, 0.2) is 23.8 Å². The highest BCUT2D eigenvalue weighted by Crippen LogP contribution is 2.20. The van der Waals surface area contributed by atoms with Crippen LogP contribution in [0.2, 0.25) is 0 Å². The number of hydrogen-bond acceptors (Lipinski definition) is 1. The minimum absolute atomic E-state index is 0.223. The van der Waals surface area contributed by atoms with E-state index in [0.717, 1.165) is 32.2 Å². The van der Waals surface area contributed by atoms with Crippen LogP contribution in [-0.2, 0) is 4.79 Å². The quantitative estimate of drug-likeness (QED) is 0.741. The van der Waals surface area contributed by atoms with E-state index in [0.29, 0.717) is 0 Å². The molecule has 2 rings (SSSR count). The van der Waals surface area contributed by atoms with Crippen molar-refractivity contribution < 1.29 is 4.79 Å². The van der Waals surface area contributed by atoms with Gasteiger partial charge >= 0.3 is 0 Å². The maximum absolute atomic E-state index is 11.9. The van der Waals surface area contributed by atoms with Gasteiger partial charge in [0.1, 0.15) is 0 Å². The van der Waals surface area contributed by atoms with Gasteiger partial charge in [0.05, 0.1) is 0 Å². The van der Waals surface area contributed by atoms with Crippen molar-refractivity contribution in [3.8, 4) is 0 Å². The van der Waals surface area contributed by atoms with E-state index >= 15 is 0 Å². The molecule has 0 saturated carbocycles. The van der Waals surface area contributed by atoms with Crippen LogP contribution in [0, 0.1) is 5.92 Å². The van der Waals surface area contributed by atoms with Gasteiger partial charge in [-0.05, 0) is 51.4 Å². The molecule has 0 unspecified atom stereocenters. The third-order valence-electron chi connectivity index (χ3n) is 3.77. The molecule has 0 aromatic rings. The molecule has 0 bridgehead atoms. The molecular formula is C15H23NO. The van der Waals surface area contributed by atoms with E-state index in [1.54, 1.807) is 5.57 Å². The molecule has 0 radical (unpaired) electrons. The van der Waals surface area contributed by atoms with Crippen molar-refractivity contribution >= 4 is 5.91 Å². The van der Waals surface area contributed by atoms with Gasteiger partial charge in [-0.25, -0.2) is 0 Å². The van der Waals surface area contributed by atoms with Gasteiger partial charge in [0.15, 0.2) is 0 Å². The summed E-state index contributed by atoms with van der Waals surface area (Å²) in [6.07, 6.45) is 15.9. The Labute approximate surface area is 104 Å². The first-order valence-electron chi connectivity index (χ1n) is 6.97. The van der Waals surface area contributed by atoms with Crippen molar-refractivity contribution in [2.45, 2.75) is 51.4 Å². The number of carbonyl (C=O) groups is 1. The fourth-order valence-corrected chi connectivity index (χ4v) is 2.65. The molecule has 2 heteroatoms. The number of allylic oxidation sites excluding steroid dienone is 3. The monoisotopic (exact) mass is 233 g/mol. The van der Waals surface area contributed by atoms with E-state index < -0.39 is 0 Å². The normalized spacial score (nSPS) is 24.2. The van der Waals surface area contributed by atoms with Crippen LogP contribution in [-0.4, -0.2) is 12.5 Å². The fraction of sp³-hybridized carbons (Fsp3) is 0.667. The van der Waals surface area contributed by atoms with Gasteiger partial charge in [0.2, 0.25) is 5.91 Å². The SMILES string of the molecule is O=C(NCCC1=CCCCC1)[C@@H]1CC=CCC1. The lowest BCUT2D eigenvalue weighted by Gasteiger charge is -2.18. The Morgan fingerprint density at radius 2 is 2.24 bits per heavy atom. The van der Waals surface area contributed by atoms with Crippen LogP contribution in [0.5, 0.6) is 0 Å². The van der Waals surface area contributed by atoms with Gasteiger partial charge in [0, 0.05) is 12.5 Å². The maximum atomic E-state index is 11.9. The summed E-state index contributed by atoms with van der Waals surface area (Å²) in [5, 5.41) is 3.09. The molecule has 0 saturated heterocycles. The van der Waals surface area contributed by atoms with E-state index in [1.807, 2.05) is 0 Å². The summed E-state index contributed by atoms with van der Waals surface area (Å²) in [7, 11) is 0. The molecule has 0 fully saturated rings. The van der Waals surface area contributed by atoms with Crippen LogP contribution in [0.1, 0.15) is 51.4 Å². The highest BCUT2D eigenvalue weighted by molar-refractivity contribution is 5.78. The van der Waals surface area contributed by atoms with Crippen molar-refractivity contribution in [2.75, 3.05) is 6.54 Å². The predicted molar refractivity (Wildman–Crippen MR) is 70.7 cm³/mol. The summed E-state index contributed by atoms with van der Waals surface area (Å²) in [6.45, 7) is 0.824. The Hall–Kier alpha value is -1.05.